The van der Waals surface area contributed by atoms with Crippen LogP contribution >= 0.6 is 0 Å². The minimum Gasteiger partial charge on any atom is -0.337 e. The van der Waals surface area contributed by atoms with Crippen molar-refractivity contribution in [2.24, 2.45) is 5.10 Å². The maximum atomic E-state index is 4.46. The molecule has 2 aromatic carbocycles. The molecule has 0 aliphatic carbocycles. The number of aryl methyl sites for hydroxylation is 1. The molecule has 2 aromatic heterocycles. The third-order valence-electron chi connectivity index (χ3n) is 4.08. The van der Waals surface area contributed by atoms with Crippen molar-refractivity contribution in [1.82, 2.24) is 20.2 Å². The molecule has 4 rings (SSSR count). The van der Waals surface area contributed by atoms with Crippen molar-refractivity contribution in [2.45, 2.75) is 13.8 Å². The molecule has 2 N–H and O–H groups in total. The average Bonchev–Trinajstić information content (AvgIpc) is 3.02. The maximum absolute atomic E-state index is 4.46. The van der Waals surface area contributed by atoms with Crippen LogP contribution in [0.15, 0.2) is 59.2 Å². The third-order valence-corrected chi connectivity index (χ3v) is 4.08. The number of anilines is 1. The number of fused-ring (bicyclic) bond motifs is 3. The molecule has 128 valence electrons. The summed E-state index contributed by atoms with van der Waals surface area (Å²) in [4.78, 5) is 7.76. The Morgan fingerprint density at radius 2 is 1.92 bits per heavy atom. The van der Waals surface area contributed by atoms with E-state index < -0.39 is 0 Å². The quantitative estimate of drug-likeness (QED) is 0.428. The lowest BCUT2D eigenvalue weighted by atomic mass is 10.1. The lowest BCUT2D eigenvalue weighted by Gasteiger charge is -1.98. The first-order valence-electron chi connectivity index (χ1n) is 8.35. The number of aromatic amines is 1. The highest BCUT2D eigenvalue weighted by Crippen LogP contribution is 2.24. The molecule has 2 heterocycles. The lowest BCUT2D eigenvalue weighted by Crippen LogP contribution is -1.98. The van der Waals surface area contributed by atoms with Crippen molar-refractivity contribution >= 4 is 40.3 Å². The van der Waals surface area contributed by atoms with E-state index in [2.05, 4.69) is 43.7 Å². The number of allylic oxidation sites excluding steroid dienone is 1. The van der Waals surface area contributed by atoms with Gasteiger partial charge >= 0.3 is 0 Å². The minimum atomic E-state index is 0.352. The molecule has 0 aliphatic rings. The van der Waals surface area contributed by atoms with Crippen LogP contribution < -0.4 is 5.43 Å². The number of aromatic nitrogens is 4. The van der Waals surface area contributed by atoms with Gasteiger partial charge in [0, 0.05) is 5.39 Å². The molecule has 6 nitrogen and oxygen atoms in total. The Balaban J connectivity index is 1.55. The van der Waals surface area contributed by atoms with Crippen molar-refractivity contribution in [3.05, 3.63) is 65.2 Å². The van der Waals surface area contributed by atoms with Crippen LogP contribution in [0.25, 0.3) is 28.1 Å². The third kappa shape index (κ3) is 3.17. The molecular formula is C20H18N6. The lowest BCUT2D eigenvalue weighted by molar-refractivity contribution is 1.01. The van der Waals surface area contributed by atoms with Crippen LogP contribution in [-0.2, 0) is 0 Å². The first-order chi connectivity index (χ1) is 12.7. The highest BCUT2D eigenvalue weighted by Gasteiger charge is 2.09. The summed E-state index contributed by atoms with van der Waals surface area (Å²) in [7, 11) is 0. The van der Waals surface area contributed by atoms with Gasteiger partial charge in [0.15, 0.2) is 5.65 Å². The van der Waals surface area contributed by atoms with Gasteiger partial charge in [0.25, 0.3) is 5.95 Å². The van der Waals surface area contributed by atoms with Gasteiger partial charge in [-0.25, -0.2) is 5.43 Å². The van der Waals surface area contributed by atoms with Crippen LogP contribution in [0.2, 0.25) is 0 Å². The van der Waals surface area contributed by atoms with Gasteiger partial charge in [-0.15, -0.1) is 10.2 Å². The molecule has 0 fully saturated rings. The fourth-order valence-electron chi connectivity index (χ4n) is 2.83. The predicted molar refractivity (Wildman–Crippen MR) is 106 cm³/mol. The molecule has 0 amide bonds. The second-order valence-electron chi connectivity index (χ2n) is 6.12. The van der Waals surface area contributed by atoms with Crippen molar-refractivity contribution in [2.75, 3.05) is 5.43 Å². The summed E-state index contributed by atoms with van der Waals surface area (Å²) in [5.41, 5.74) is 8.62. The van der Waals surface area contributed by atoms with Crippen LogP contribution in [0, 0.1) is 6.92 Å². The van der Waals surface area contributed by atoms with Crippen LogP contribution in [0.1, 0.15) is 18.1 Å². The molecule has 0 aliphatic heterocycles. The second kappa shape index (κ2) is 6.76. The van der Waals surface area contributed by atoms with Crippen molar-refractivity contribution in [1.29, 1.82) is 0 Å². The average molecular weight is 342 g/mol. The smallest absolute Gasteiger partial charge is 0.265 e. The van der Waals surface area contributed by atoms with E-state index in [1.165, 1.54) is 0 Å². The number of H-pyrrole nitrogens is 1. The van der Waals surface area contributed by atoms with Gasteiger partial charge in [-0.1, -0.05) is 54.6 Å². The van der Waals surface area contributed by atoms with Gasteiger partial charge in [-0.2, -0.15) is 10.1 Å². The highest BCUT2D eigenvalue weighted by atomic mass is 15.4. The van der Waals surface area contributed by atoms with Gasteiger partial charge in [-0.05, 0) is 30.5 Å². The normalized spacial score (nSPS) is 12.3. The van der Waals surface area contributed by atoms with E-state index in [1.54, 1.807) is 6.21 Å². The number of hydrazone groups is 1. The van der Waals surface area contributed by atoms with E-state index in [0.717, 1.165) is 33.1 Å². The Hall–Kier alpha value is -3.54. The zero-order valence-electron chi connectivity index (χ0n) is 14.6. The number of hydrogen-bond acceptors (Lipinski definition) is 5. The molecular weight excluding hydrogens is 324 g/mol. The van der Waals surface area contributed by atoms with Gasteiger partial charge < -0.3 is 4.98 Å². The van der Waals surface area contributed by atoms with E-state index in [9.17, 15) is 0 Å². The van der Waals surface area contributed by atoms with E-state index in [1.807, 2.05) is 55.5 Å². The fourth-order valence-corrected chi connectivity index (χ4v) is 2.83. The monoisotopic (exact) mass is 342 g/mol. The summed E-state index contributed by atoms with van der Waals surface area (Å²) in [5.74, 6) is 0.352. The molecule has 0 spiro atoms. The van der Waals surface area contributed by atoms with Crippen LogP contribution in [-0.4, -0.2) is 26.4 Å². The number of rotatable bonds is 4. The van der Waals surface area contributed by atoms with Gasteiger partial charge in [-0.3, -0.25) is 0 Å². The first-order valence-corrected chi connectivity index (χ1v) is 8.35. The summed E-state index contributed by atoms with van der Waals surface area (Å²) in [6, 6.07) is 16.2. The summed E-state index contributed by atoms with van der Waals surface area (Å²) >= 11 is 0. The van der Waals surface area contributed by atoms with Gasteiger partial charge in [0.2, 0.25) is 0 Å². The Labute approximate surface area is 150 Å². The minimum absolute atomic E-state index is 0.352. The van der Waals surface area contributed by atoms with Gasteiger partial charge in [0.05, 0.1) is 11.7 Å². The van der Waals surface area contributed by atoms with Crippen molar-refractivity contribution in [3.8, 4) is 0 Å². The maximum Gasteiger partial charge on any atom is 0.265 e. The summed E-state index contributed by atoms with van der Waals surface area (Å²) in [6.07, 6.45) is 3.78. The molecule has 0 atom stereocenters. The molecule has 0 unspecified atom stereocenters. The molecule has 0 radical (unpaired) electrons. The Kier molecular flexibility index (Phi) is 4.15. The first kappa shape index (κ1) is 16.0. The van der Waals surface area contributed by atoms with E-state index in [4.69, 9.17) is 0 Å². The second-order valence-corrected chi connectivity index (χ2v) is 6.12. The molecule has 26 heavy (non-hydrogen) atoms. The van der Waals surface area contributed by atoms with Crippen LogP contribution in [0.5, 0.6) is 0 Å². The zero-order valence-corrected chi connectivity index (χ0v) is 14.6. The molecule has 0 bridgehead atoms. The van der Waals surface area contributed by atoms with Crippen molar-refractivity contribution < 1.29 is 0 Å². The number of hydrogen-bond donors (Lipinski definition) is 2. The topological polar surface area (TPSA) is 78.8 Å². The van der Waals surface area contributed by atoms with Crippen LogP contribution in [0.4, 0.5) is 5.95 Å². The van der Waals surface area contributed by atoms with E-state index in [-0.39, 0.29) is 0 Å². The SMILES string of the molecule is C/C(C=NNc1nnc2c(n1)[nH]c1c(C)cccc12)=C/c1ccccc1. The van der Waals surface area contributed by atoms with Crippen LogP contribution in [0.3, 0.4) is 0 Å². The Morgan fingerprint density at radius 1 is 1.08 bits per heavy atom. The number of benzene rings is 2. The molecule has 4 aromatic rings. The Morgan fingerprint density at radius 3 is 2.77 bits per heavy atom. The highest BCUT2D eigenvalue weighted by molar-refractivity contribution is 6.04. The summed E-state index contributed by atoms with van der Waals surface area (Å²) in [5, 5.41) is 13.6. The number of nitrogens with zero attached hydrogens (tertiary/aromatic N) is 4. The Bertz CT molecular complexity index is 1130. The zero-order chi connectivity index (χ0) is 17.9. The van der Waals surface area contributed by atoms with Crippen molar-refractivity contribution in [3.63, 3.8) is 0 Å². The molecule has 0 saturated carbocycles. The predicted octanol–water partition coefficient (Wildman–Crippen LogP) is 4.32. The molecule has 6 heteroatoms. The number of para-hydroxylation sites is 1. The summed E-state index contributed by atoms with van der Waals surface area (Å²) < 4.78 is 0. The fraction of sp³-hybridized carbons (Fsp3) is 0.100. The van der Waals surface area contributed by atoms with E-state index in [0.29, 0.717) is 11.6 Å². The standard InChI is InChI=1S/C20H18N6/c1-13(11-15-8-4-3-5-9-15)12-21-25-20-23-19-18(24-26-20)16-10-6-7-14(2)17(16)22-19/h3-12H,1-2H3,(H2,22,23,25,26)/b13-11-,21-12?. The largest absolute Gasteiger partial charge is 0.337 e. The molecule has 0 saturated heterocycles. The van der Waals surface area contributed by atoms with E-state index >= 15 is 0 Å². The number of nitrogens with one attached hydrogen (secondary N) is 2. The van der Waals surface area contributed by atoms with Gasteiger partial charge in [0.1, 0.15) is 5.52 Å². The summed E-state index contributed by atoms with van der Waals surface area (Å²) in [6.45, 7) is 4.04.